The second kappa shape index (κ2) is 5.13. The van der Waals surface area contributed by atoms with E-state index in [2.05, 4.69) is 0 Å². The van der Waals surface area contributed by atoms with Crippen molar-refractivity contribution in [3.63, 3.8) is 0 Å². The first-order valence-corrected chi connectivity index (χ1v) is 6.77. The van der Waals surface area contributed by atoms with Gasteiger partial charge in [-0.1, -0.05) is 36.4 Å². The molecule has 0 bridgehead atoms. The highest BCUT2D eigenvalue weighted by atomic mass is 16.6. The molecule has 4 nitrogen and oxygen atoms in total. The van der Waals surface area contributed by atoms with E-state index in [1.165, 1.54) is 0 Å². The topological polar surface area (TPSA) is 61.6 Å². The van der Waals surface area contributed by atoms with Crippen LogP contribution in [0.2, 0.25) is 0 Å². The quantitative estimate of drug-likeness (QED) is 0.871. The molecule has 1 saturated heterocycles. The minimum absolute atomic E-state index is 0.160. The third kappa shape index (κ3) is 2.23. The summed E-state index contributed by atoms with van der Waals surface area (Å²) in [5.74, 6) is 0.399. The standard InChI is InChI=1S/C16H17NO3/c1-10(17)12-7-6-11-4-2-3-5-13(11)15(12)20-14-8-9-19-16(14)18/h2-7,10,14H,8-9,17H2,1H3/t10-,14?/m1/s1. The van der Waals surface area contributed by atoms with E-state index in [1.807, 2.05) is 43.3 Å². The van der Waals surface area contributed by atoms with Gasteiger partial charge in [-0.25, -0.2) is 4.79 Å². The van der Waals surface area contributed by atoms with E-state index < -0.39 is 6.10 Å². The van der Waals surface area contributed by atoms with Crippen LogP contribution in [0.4, 0.5) is 0 Å². The molecule has 0 saturated carbocycles. The number of nitrogens with two attached hydrogens (primary N) is 1. The van der Waals surface area contributed by atoms with E-state index >= 15 is 0 Å². The maximum absolute atomic E-state index is 11.6. The molecule has 0 aliphatic carbocycles. The average molecular weight is 271 g/mol. The van der Waals surface area contributed by atoms with Crippen LogP contribution < -0.4 is 10.5 Å². The van der Waals surface area contributed by atoms with Crippen molar-refractivity contribution in [3.05, 3.63) is 42.0 Å². The average Bonchev–Trinajstić information content (AvgIpc) is 2.84. The van der Waals surface area contributed by atoms with Crippen LogP contribution in [-0.4, -0.2) is 18.7 Å². The highest BCUT2D eigenvalue weighted by Crippen LogP contribution is 2.34. The summed E-state index contributed by atoms with van der Waals surface area (Å²) in [7, 11) is 0. The molecule has 2 aromatic carbocycles. The second-order valence-corrected chi connectivity index (χ2v) is 5.06. The van der Waals surface area contributed by atoms with E-state index in [0.29, 0.717) is 18.8 Å². The van der Waals surface area contributed by atoms with E-state index in [9.17, 15) is 4.79 Å². The van der Waals surface area contributed by atoms with Crippen molar-refractivity contribution in [3.8, 4) is 5.75 Å². The lowest BCUT2D eigenvalue weighted by Gasteiger charge is -2.18. The van der Waals surface area contributed by atoms with Gasteiger partial charge in [-0.15, -0.1) is 0 Å². The molecule has 20 heavy (non-hydrogen) atoms. The van der Waals surface area contributed by atoms with Crippen LogP contribution in [0, 0.1) is 0 Å². The molecule has 1 heterocycles. The molecule has 0 radical (unpaired) electrons. The Kier molecular flexibility index (Phi) is 3.32. The van der Waals surface area contributed by atoms with Crippen molar-refractivity contribution in [1.82, 2.24) is 0 Å². The van der Waals surface area contributed by atoms with Crippen LogP contribution in [0.5, 0.6) is 5.75 Å². The first-order chi connectivity index (χ1) is 9.66. The normalized spacial score (nSPS) is 19.9. The Morgan fingerprint density at radius 2 is 2.10 bits per heavy atom. The van der Waals surface area contributed by atoms with Gasteiger partial charge in [-0.2, -0.15) is 0 Å². The van der Waals surface area contributed by atoms with Gasteiger partial charge in [-0.05, 0) is 12.3 Å². The smallest absolute Gasteiger partial charge is 0.347 e. The molecule has 0 spiro atoms. The maximum atomic E-state index is 11.6. The van der Waals surface area contributed by atoms with Crippen LogP contribution in [0.15, 0.2) is 36.4 Å². The van der Waals surface area contributed by atoms with Crippen molar-refractivity contribution in [2.45, 2.75) is 25.5 Å². The highest BCUT2D eigenvalue weighted by molar-refractivity contribution is 5.90. The Hall–Kier alpha value is -2.07. The maximum Gasteiger partial charge on any atom is 0.347 e. The van der Waals surface area contributed by atoms with Gasteiger partial charge in [-0.3, -0.25) is 0 Å². The predicted octanol–water partition coefficient (Wildman–Crippen LogP) is 2.55. The Balaban J connectivity index is 2.09. The fraction of sp³-hybridized carbons (Fsp3) is 0.312. The van der Waals surface area contributed by atoms with Gasteiger partial charge < -0.3 is 15.2 Å². The van der Waals surface area contributed by atoms with Crippen molar-refractivity contribution in [2.24, 2.45) is 5.73 Å². The van der Waals surface area contributed by atoms with Crippen molar-refractivity contribution in [1.29, 1.82) is 0 Å². The summed E-state index contributed by atoms with van der Waals surface area (Å²) < 4.78 is 10.9. The zero-order valence-electron chi connectivity index (χ0n) is 11.3. The van der Waals surface area contributed by atoms with Gasteiger partial charge in [0.15, 0.2) is 6.10 Å². The van der Waals surface area contributed by atoms with Crippen LogP contribution in [0.3, 0.4) is 0 Å². The van der Waals surface area contributed by atoms with Crippen molar-refractivity contribution in [2.75, 3.05) is 6.61 Å². The first-order valence-electron chi connectivity index (χ1n) is 6.77. The molecule has 2 atom stereocenters. The van der Waals surface area contributed by atoms with Crippen LogP contribution in [0.25, 0.3) is 10.8 Å². The first kappa shape index (κ1) is 12.9. The van der Waals surface area contributed by atoms with Gasteiger partial charge >= 0.3 is 5.97 Å². The Labute approximate surface area is 117 Å². The lowest BCUT2D eigenvalue weighted by molar-refractivity contribution is -0.143. The largest absolute Gasteiger partial charge is 0.478 e. The van der Waals surface area contributed by atoms with Gasteiger partial charge in [0.2, 0.25) is 0 Å². The monoisotopic (exact) mass is 271 g/mol. The summed E-state index contributed by atoms with van der Waals surface area (Å²) in [6.45, 7) is 2.33. The Morgan fingerprint density at radius 1 is 1.30 bits per heavy atom. The van der Waals surface area contributed by atoms with Gasteiger partial charge in [0.05, 0.1) is 6.61 Å². The summed E-state index contributed by atoms with van der Waals surface area (Å²) in [5, 5.41) is 2.04. The third-order valence-electron chi connectivity index (χ3n) is 3.55. The lowest BCUT2D eigenvalue weighted by Crippen LogP contribution is -2.23. The van der Waals surface area contributed by atoms with E-state index in [1.54, 1.807) is 0 Å². The summed E-state index contributed by atoms with van der Waals surface area (Å²) in [6, 6.07) is 11.7. The number of ether oxygens (including phenoxy) is 2. The number of hydrogen-bond donors (Lipinski definition) is 1. The molecule has 1 unspecified atom stereocenters. The minimum Gasteiger partial charge on any atom is -0.478 e. The fourth-order valence-electron chi connectivity index (χ4n) is 2.48. The molecular weight excluding hydrogens is 254 g/mol. The summed E-state index contributed by atoms with van der Waals surface area (Å²) in [4.78, 5) is 11.6. The third-order valence-corrected chi connectivity index (χ3v) is 3.55. The van der Waals surface area contributed by atoms with Gasteiger partial charge in [0, 0.05) is 23.4 Å². The van der Waals surface area contributed by atoms with Crippen LogP contribution >= 0.6 is 0 Å². The number of fused-ring (bicyclic) bond motifs is 1. The lowest BCUT2D eigenvalue weighted by atomic mass is 10.0. The van der Waals surface area contributed by atoms with Crippen molar-refractivity contribution >= 4 is 16.7 Å². The Bertz CT molecular complexity index is 651. The molecule has 3 rings (SSSR count). The molecule has 2 N–H and O–H groups in total. The summed E-state index contributed by atoms with van der Waals surface area (Å²) in [6.07, 6.45) is 0.0544. The predicted molar refractivity (Wildman–Crippen MR) is 76.5 cm³/mol. The van der Waals surface area contributed by atoms with Crippen LogP contribution in [-0.2, 0) is 9.53 Å². The number of carbonyl (C=O) groups excluding carboxylic acids is 1. The number of carbonyl (C=O) groups is 1. The zero-order chi connectivity index (χ0) is 14.1. The van der Waals surface area contributed by atoms with Crippen molar-refractivity contribution < 1.29 is 14.3 Å². The Morgan fingerprint density at radius 3 is 2.80 bits per heavy atom. The second-order valence-electron chi connectivity index (χ2n) is 5.06. The number of cyclic esters (lactones) is 1. The minimum atomic E-state index is -0.529. The SMILES string of the molecule is C[C@@H](N)c1ccc2ccccc2c1OC1CCOC1=O. The van der Waals surface area contributed by atoms with Gasteiger partial charge in [0.25, 0.3) is 0 Å². The van der Waals surface area contributed by atoms with Gasteiger partial charge in [0.1, 0.15) is 5.75 Å². The molecule has 0 aromatic heterocycles. The molecular formula is C16H17NO3. The number of rotatable bonds is 3. The summed E-state index contributed by atoms with van der Waals surface area (Å²) in [5.41, 5.74) is 6.92. The number of hydrogen-bond acceptors (Lipinski definition) is 4. The number of esters is 1. The molecule has 1 fully saturated rings. The van der Waals surface area contributed by atoms with E-state index in [-0.39, 0.29) is 12.0 Å². The summed E-state index contributed by atoms with van der Waals surface area (Å²) >= 11 is 0. The van der Waals surface area contributed by atoms with Crippen LogP contribution in [0.1, 0.15) is 24.9 Å². The molecule has 0 amide bonds. The van der Waals surface area contributed by atoms with E-state index in [0.717, 1.165) is 16.3 Å². The molecule has 2 aromatic rings. The molecule has 1 aliphatic rings. The number of benzene rings is 2. The highest BCUT2D eigenvalue weighted by Gasteiger charge is 2.29. The zero-order valence-corrected chi connectivity index (χ0v) is 11.3. The molecule has 1 aliphatic heterocycles. The molecule has 4 heteroatoms. The molecule has 104 valence electrons. The fourth-order valence-corrected chi connectivity index (χ4v) is 2.48. The van der Waals surface area contributed by atoms with E-state index in [4.69, 9.17) is 15.2 Å².